The van der Waals surface area contributed by atoms with Crippen LogP contribution in [0.25, 0.3) is 16.7 Å². The molecular formula is C23H19ClN5NiO2S+. The summed E-state index contributed by atoms with van der Waals surface area (Å²) < 4.78 is 5.28. The Hall–Kier alpha value is -3.05. The fourth-order valence-electron chi connectivity index (χ4n) is 2.67. The van der Waals surface area contributed by atoms with Crippen LogP contribution in [0, 0.1) is 23.3 Å². The van der Waals surface area contributed by atoms with Gasteiger partial charge in [0.25, 0.3) is 0 Å². The van der Waals surface area contributed by atoms with Gasteiger partial charge in [-0.15, -0.1) is 35.1 Å². The van der Waals surface area contributed by atoms with Gasteiger partial charge in [-0.05, 0) is 30.0 Å². The average molecular weight is 524 g/mol. The van der Waals surface area contributed by atoms with Crippen LogP contribution in [-0.4, -0.2) is 34.8 Å². The Kier molecular flexibility index (Phi) is 10.2. The van der Waals surface area contributed by atoms with Crippen molar-refractivity contribution in [3.8, 4) is 28.7 Å². The Balaban J connectivity index is 0.000000291. The summed E-state index contributed by atoms with van der Waals surface area (Å²) in [4.78, 5) is 15.2. The summed E-state index contributed by atoms with van der Waals surface area (Å²) >= 11 is 7.33. The van der Waals surface area contributed by atoms with E-state index in [0.29, 0.717) is 33.9 Å². The summed E-state index contributed by atoms with van der Waals surface area (Å²) in [5.74, 6) is 7.18. The molecule has 1 saturated carbocycles. The molecule has 0 spiro atoms. The third kappa shape index (κ3) is 7.23. The zero-order valence-corrected chi connectivity index (χ0v) is 20.0. The van der Waals surface area contributed by atoms with E-state index in [0.717, 1.165) is 10.6 Å². The Morgan fingerprint density at radius 2 is 2.18 bits per heavy atom. The average Bonchev–Trinajstić information content (AvgIpc) is 3.51. The van der Waals surface area contributed by atoms with E-state index in [2.05, 4.69) is 32.5 Å². The van der Waals surface area contributed by atoms with Gasteiger partial charge in [-0.3, -0.25) is 10.5 Å². The number of hydrogen-bond acceptors (Lipinski definition) is 7. The molecule has 10 heteroatoms. The molecule has 2 heterocycles. The molecule has 1 aliphatic carbocycles. The van der Waals surface area contributed by atoms with Crippen LogP contribution < -0.4 is 15.9 Å². The number of allylic oxidation sites excluding steroid dienone is 1. The number of benzene rings is 1. The van der Waals surface area contributed by atoms with Crippen LogP contribution in [0.1, 0.15) is 29.0 Å². The van der Waals surface area contributed by atoms with Crippen LogP contribution in [0.2, 0.25) is 5.15 Å². The third-order valence-electron chi connectivity index (χ3n) is 4.45. The monoisotopic (exact) mass is 522 g/mol. The number of halogens is 1. The van der Waals surface area contributed by atoms with Crippen LogP contribution in [0.15, 0.2) is 36.7 Å². The molecule has 0 saturated heterocycles. The number of nitrogens with zero attached hydrogens (tertiary/aromatic N) is 3. The third-order valence-corrected chi connectivity index (χ3v) is 5.21. The Labute approximate surface area is 210 Å². The van der Waals surface area contributed by atoms with Crippen molar-refractivity contribution in [1.29, 1.82) is 0 Å². The van der Waals surface area contributed by atoms with Gasteiger partial charge in [-0.1, -0.05) is 17.1 Å². The number of hydrogen-bond donors (Lipinski definition) is 2. The van der Waals surface area contributed by atoms with Crippen molar-refractivity contribution >= 4 is 41.0 Å². The van der Waals surface area contributed by atoms with Crippen molar-refractivity contribution in [1.82, 2.24) is 15.2 Å². The molecule has 1 fully saturated rings. The van der Waals surface area contributed by atoms with Gasteiger partial charge in [0.15, 0.2) is 6.21 Å². The molecule has 0 radical (unpaired) electrons. The summed E-state index contributed by atoms with van der Waals surface area (Å²) in [7, 11) is 1.52. The van der Waals surface area contributed by atoms with Gasteiger partial charge in [-0.2, -0.15) is 6.07 Å². The van der Waals surface area contributed by atoms with Crippen LogP contribution in [-0.2, 0) is 21.3 Å². The zero-order chi connectivity index (χ0) is 22.9. The largest absolute Gasteiger partial charge is 2.00 e. The minimum atomic E-state index is 0. The summed E-state index contributed by atoms with van der Waals surface area (Å²) in [6.07, 6.45) is 8.70. The fraction of sp³-hybridized carbons (Fsp3) is 0.174. The molecule has 2 aromatic heterocycles. The summed E-state index contributed by atoms with van der Waals surface area (Å²) in [6.45, 7) is 0. The van der Waals surface area contributed by atoms with E-state index >= 15 is 0 Å². The number of ether oxygens (including phenoxy) is 1. The number of aromatic nitrogens is 3. The summed E-state index contributed by atoms with van der Waals surface area (Å²) in [5, 5.41) is 13.9. The summed E-state index contributed by atoms with van der Waals surface area (Å²) in [5.41, 5.74) is 11.2. The molecule has 0 aliphatic heterocycles. The maximum Gasteiger partial charge on any atom is 2.00 e. The van der Waals surface area contributed by atoms with Gasteiger partial charge in [0, 0.05) is 17.1 Å². The van der Waals surface area contributed by atoms with Crippen molar-refractivity contribution < 1.29 is 31.4 Å². The second-order valence-corrected chi connectivity index (χ2v) is 7.76. The molecule has 1 aromatic carbocycles. The van der Waals surface area contributed by atoms with E-state index in [1.165, 1.54) is 49.9 Å². The first-order chi connectivity index (χ1) is 15.6. The van der Waals surface area contributed by atoms with Gasteiger partial charge < -0.3 is 26.6 Å². The van der Waals surface area contributed by atoms with Gasteiger partial charge >= 0.3 is 16.5 Å². The van der Waals surface area contributed by atoms with E-state index < -0.39 is 0 Å². The van der Waals surface area contributed by atoms with E-state index in [4.69, 9.17) is 27.5 Å². The molecule has 4 rings (SSSR count). The zero-order valence-electron chi connectivity index (χ0n) is 17.4. The quantitative estimate of drug-likeness (QED) is 0.174. The van der Waals surface area contributed by atoms with Crippen LogP contribution in [0.4, 0.5) is 0 Å². The van der Waals surface area contributed by atoms with Gasteiger partial charge in [0.1, 0.15) is 10.9 Å². The minimum Gasteiger partial charge on any atom is -0.496 e. The number of pyridine rings is 1. The first-order valence-electron chi connectivity index (χ1n) is 9.50. The molecular weight excluding hydrogens is 504 g/mol. The normalized spacial score (nSPS) is 12.2. The predicted molar refractivity (Wildman–Crippen MR) is 125 cm³/mol. The van der Waals surface area contributed by atoms with Crippen molar-refractivity contribution in [2.45, 2.75) is 12.8 Å². The molecule has 0 atom stereocenters. The maximum atomic E-state index is 11.2. The predicted octanol–water partition coefficient (Wildman–Crippen LogP) is 2.10. The number of rotatable bonds is 5. The van der Waals surface area contributed by atoms with E-state index in [1.54, 1.807) is 24.3 Å². The number of carbonyl (C=O) groups excluding carboxylic acids is 1. The Bertz CT molecular complexity index is 1200. The van der Waals surface area contributed by atoms with Gasteiger partial charge in [-0.25, -0.2) is 10.1 Å². The summed E-state index contributed by atoms with van der Waals surface area (Å²) in [6, 6.07) is 6.77. The van der Waals surface area contributed by atoms with Crippen molar-refractivity contribution in [2.75, 3.05) is 7.11 Å². The molecule has 0 unspecified atom stereocenters. The molecule has 1 aliphatic rings. The minimum absolute atomic E-state index is 0. The van der Waals surface area contributed by atoms with Crippen LogP contribution in [0.3, 0.4) is 0 Å². The first kappa shape index (κ1) is 26.2. The topological polar surface area (TPSA) is 117 Å². The number of nitrogens with two attached hydrogens (primary N) is 2. The van der Waals surface area contributed by atoms with E-state index in [-0.39, 0.29) is 21.6 Å². The van der Waals surface area contributed by atoms with Crippen molar-refractivity contribution in [2.24, 2.45) is 11.7 Å². The fourth-order valence-corrected chi connectivity index (χ4v) is 3.18. The molecule has 33 heavy (non-hydrogen) atoms. The molecule has 4 N–H and O–H groups in total. The Morgan fingerprint density at radius 1 is 1.39 bits per heavy atom. The van der Waals surface area contributed by atoms with Crippen LogP contribution >= 0.6 is 22.9 Å². The second kappa shape index (κ2) is 12.9. The second-order valence-electron chi connectivity index (χ2n) is 6.60. The molecule has 7 nitrogen and oxygen atoms in total. The Morgan fingerprint density at radius 3 is 2.76 bits per heavy atom. The smallest absolute Gasteiger partial charge is 0.496 e. The maximum absolute atomic E-state index is 11.2. The first-order valence-corrected chi connectivity index (χ1v) is 10.7. The molecule has 0 bridgehead atoms. The van der Waals surface area contributed by atoms with Crippen LogP contribution in [0.5, 0.6) is 5.75 Å². The number of methoxy groups -OCH3 is 1. The van der Waals surface area contributed by atoms with Crippen molar-refractivity contribution in [3.05, 3.63) is 63.5 Å². The van der Waals surface area contributed by atoms with Gasteiger partial charge in [0.2, 0.25) is 0 Å². The van der Waals surface area contributed by atoms with E-state index in [9.17, 15) is 4.79 Å². The SMILES string of the molecule is C(#CC1CC1)c1nn[c-]s1.COc1cnc(Cl)cc1-c1cc(/C(C=[NH2+])=C/N)ccc1[C-]=O.[Ni+2]. The van der Waals surface area contributed by atoms with Gasteiger partial charge in [0.05, 0.1) is 25.2 Å². The van der Waals surface area contributed by atoms with Crippen molar-refractivity contribution in [3.63, 3.8) is 0 Å². The molecule has 3 aromatic rings. The van der Waals surface area contributed by atoms with E-state index in [1.807, 2.05) is 6.29 Å². The molecule has 170 valence electrons. The molecule has 0 amide bonds. The standard InChI is InChI=1S/C16H13ClN3O2.C7H5N2S.Ni/c1-22-15-8-20-16(17)5-14(15)13-4-10(12(6-18)7-19)2-3-11(13)9-21;1-2-6(1)3-4-7-9-8-5-10-7;/h2-8,18H,19H2,1H3;6H,1-2H2;/q2*-1;+2/p+1/b12-7+,18-6?;;.